The van der Waals surface area contributed by atoms with Crippen molar-refractivity contribution in [1.82, 2.24) is 29.7 Å². The second-order valence-corrected chi connectivity index (χ2v) is 11.8. The van der Waals surface area contributed by atoms with E-state index in [-0.39, 0.29) is 17.5 Å². The number of benzene rings is 1. The molecule has 5 rings (SSSR count). The zero-order valence-corrected chi connectivity index (χ0v) is 24.9. The highest BCUT2D eigenvalue weighted by Crippen LogP contribution is 2.35. The Hall–Kier alpha value is -3.75. The number of H-pyrrole nitrogens is 1. The molecule has 4 aromatic rings. The number of nitrogens with one attached hydrogen (secondary N) is 2. The van der Waals surface area contributed by atoms with Crippen LogP contribution in [0.15, 0.2) is 67.3 Å². The first-order valence-corrected chi connectivity index (χ1v) is 14.5. The van der Waals surface area contributed by atoms with Crippen LogP contribution in [-0.2, 0) is 18.5 Å². The van der Waals surface area contributed by atoms with Gasteiger partial charge < -0.3 is 9.88 Å². The lowest BCUT2D eigenvalue weighted by atomic mass is 9.77. The number of hydrogen-bond donors (Lipinski definition) is 2. The van der Waals surface area contributed by atoms with Crippen molar-refractivity contribution in [3.05, 3.63) is 106 Å². The maximum Gasteiger partial charge on any atom is 0.324 e. The SMILES string of the molecule is Cc1cnc(CN(Cc2ncccc2C(C)(C)c2ccc(Cl)cc2)C2CCN(C(=O)Nc3ncc[nH]3)CC2)c(C)c1. The molecule has 2 N–H and O–H groups in total. The molecule has 9 heteroatoms. The number of carbonyl (C=O) groups excluding carboxylic acids is 1. The number of aromatic amines is 1. The molecule has 0 aliphatic carbocycles. The van der Waals surface area contributed by atoms with E-state index in [0.717, 1.165) is 34.8 Å². The standard InChI is InChI=1S/C32H38ClN7O/c1-22-18-23(2)28(37-19-22)20-40(26-11-16-39(17-12-26)31(41)38-30-35-14-15-36-30)21-29-27(6-5-13-34-29)32(3,4)24-7-9-25(33)10-8-24/h5-10,13-15,18-19,26H,11-12,16-17,20-21H2,1-4H3,(H2,35,36,38,41). The Morgan fingerprint density at radius 1 is 1.05 bits per heavy atom. The molecular formula is C32H38ClN7O. The van der Waals surface area contributed by atoms with Gasteiger partial charge in [-0.2, -0.15) is 0 Å². The van der Waals surface area contributed by atoms with Crippen molar-refractivity contribution >= 4 is 23.6 Å². The van der Waals surface area contributed by atoms with Gasteiger partial charge in [-0.1, -0.05) is 49.7 Å². The van der Waals surface area contributed by atoms with Gasteiger partial charge in [0.05, 0.1) is 11.4 Å². The minimum atomic E-state index is -0.259. The van der Waals surface area contributed by atoms with Crippen LogP contribution in [0.2, 0.25) is 5.02 Å². The number of pyridine rings is 2. The fourth-order valence-electron chi connectivity index (χ4n) is 5.71. The number of carbonyl (C=O) groups is 1. The fraction of sp³-hybridized carbons (Fsp3) is 0.375. The minimum Gasteiger partial charge on any atom is -0.331 e. The van der Waals surface area contributed by atoms with E-state index < -0.39 is 0 Å². The number of nitrogens with zero attached hydrogens (tertiary/aromatic N) is 5. The van der Waals surface area contributed by atoms with Crippen LogP contribution in [0.1, 0.15) is 60.3 Å². The van der Waals surface area contributed by atoms with Gasteiger partial charge >= 0.3 is 6.03 Å². The molecule has 1 saturated heterocycles. The molecule has 0 radical (unpaired) electrons. The lowest BCUT2D eigenvalue weighted by Gasteiger charge is -2.39. The van der Waals surface area contributed by atoms with Crippen molar-refractivity contribution < 1.29 is 4.79 Å². The predicted octanol–water partition coefficient (Wildman–Crippen LogP) is 6.49. The van der Waals surface area contributed by atoms with E-state index >= 15 is 0 Å². The zero-order chi connectivity index (χ0) is 29.0. The molecule has 4 heterocycles. The van der Waals surface area contributed by atoms with Crippen LogP contribution in [0, 0.1) is 13.8 Å². The number of rotatable bonds is 8. The normalized spacial score (nSPS) is 14.4. The van der Waals surface area contributed by atoms with Gasteiger partial charge in [-0.3, -0.25) is 20.2 Å². The molecule has 0 atom stereocenters. The van der Waals surface area contributed by atoms with Crippen LogP contribution < -0.4 is 5.32 Å². The van der Waals surface area contributed by atoms with Gasteiger partial charge in [-0.25, -0.2) is 9.78 Å². The maximum atomic E-state index is 12.8. The molecule has 0 spiro atoms. The summed E-state index contributed by atoms with van der Waals surface area (Å²) in [6.07, 6.45) is 8.87. The van der Waals surface area contributed by atoms with Crippen LogP contribution in [0.4, 0.5) is 10.7 Å². The Kier molecular flexibility index (Phi) is 8.71. The van der Waals surface area contributed by atoms with Gasteiger partial charge in [0, 0.05) is 67.4 Å². The number of aromatic nitrogens is 4. The molecule has 0 bridgehead atoms. The Balaban J connectivity index is 1.39. The third kappa shape index (κ3) is 6.77. The van der Waals surface area contributed by atoms with E-state index in [9.17, 15) is 4.79 Å². The largest absolute Gasteiger partial charge is 0.331 e. The summed E-state index contributed by atoms with van der Waals surface area (Å²) in [5, 5.41) is 3.58. The van der Waals surface area contributed by atoms with Crippen LogP contribution in [-0.4, -0.2) is 54.9 Å². The Labute approximate surface area is 247 Å². The summed E-state index contributed by atoms with van der Waals surface area (Å²) in [5.74, 6) is 0.464. The van der Waals surface area contributed by atoms with Crippen LogP contribution >= 0.6 is 11.6 Å². The molecule has 1 aromatic carbocycles. The van der Waals surface area contributed by atoms with Crippen molar-refractivity contribution in [3.63, 3.8) is 0 Å². The van der Waals surface area contributed by atoms with E-state index in [4.69, 9.17) is 21.6 Å². The first kappa shape index (κ1) is 28.8. The van der Waals surface area contributed by atoms with Gasteiger partial charge in [-0.05, 0) is 67.1 Å². The average molecular weight is 572 g/mol. The van der Waals surface area contributed by atoms with Gasteiger partial charge in [0.1, 0.15) is 0 Å². The first-order valence-electron chi connectivity index (χ1n) is 14.1. The lowest BCUT2D eigenvalue weighted by Crippen LogP contribution is -2.48. The second kappa shape index (κ2) is 12.4. The highest BCUT2D eigenvalue weighted by Gasteiger charge is 2.31. The number of aryl methyl sites for hydroxylation is 2. The van der Waals surface area contributed by atoms with Crippen LogP contribution in [0.25, 0.3) is 0 Å². The molecule has 1 aliphatic rings. The van der Waals surface area contributed by atoms with E-state index in [0.29, 0.717) is 32.1 Å². The molecule has 0 unspecified atom stereocenters. The number of hydrogen-bond acceptors (Lipinski definition) is 5. The molecule has 214 valence electrons. The summed E-state index contributed by atoms with van der Waals surface area (Å²) in [5.41, 5.74) is 6.59. The van der Waals surface area contributed by atoms with Crippen LogP contribution in [0.5, 0.6) is 0 Å². The van der Waals surface area contributed by atoms with Crippen molar-refractivity contribution in [2.75, 3.05) is 18.4 Å². The first-order chi connectivity index (χ1) is 19.7. The molecule has 41 heavy (non-hydrogen) atoms. The summed E-state index contributed by atoms with van der Waals surface area (Å²) in [7, 11) is 0. The highest BCUT2D eigenvalue weighted by atomic mass is 35.5. The summed E-state index contributed by atoms with van der Waals surface area (Å²) < 4.78 is 0. The van der Waals surface area contributed by atoms with E-state index in [1.165, 1.54) is 16.7 Å². The summed E-state index contributed by atoms with van der Waals surface area (Å²) in [4.78, 5) is 33.9. The minimum absolute atomic E-state index is 0.127. The maximum absolute atomic E-state index is 12.8. The number of imidazole rings is 1. The number of piperidine rings is 1. The van der Waals surface area contributed by atoms with Gasteiger partial charge in [0.2, 0.25) is 5.95 Å². The molecule has 2 amide bonds. The van der Waals surface area contributed by atoms with E-state index in [1.807, 2.05) is 35.5 Å². The number of anilines is 1. The fourth-order valence-corrected chi connectivity index (χ4v) is 5.84. The Morgan fingerprint density at radius 3 is 2.46 bits per heavy atom. The predicted molar refractivity (Wildman–Crippen MR) is 163 cm³/mol. The number of urea groups is 1. The van der Waals surface area contributed by atoms with Crippen molar-refractivity contribution in [2.45, 2.75) is 65.1 Å². The average Bonchev–Trinajstić information content (AvgIpc) is 3.47. The summed E-state index contributed by atoms with van der Waals surface area (Å²) in [6, 6.07) is 14.6. The number of likely N-dealkylation sites (tertiary alicyclic amines) is 1. The third-order valence-electron chi connectivity index (χ3n) is 8.15. The zero-order valence-electron chi connectivity index (χ0n) is 24.2. The smallest absolute Gasteiger partial charge is 0.324 e. The van der Waals surface area contributed by atoms with Crippen molar-refractivity contribution in [2.24, 2.45) is 0 Å². The molecule has 8 nitrogen and oxygen atoms in total. The Bertz CT molecular complexity index is 1460. The van der Waals surface area contributed by atoms with Crippen LogP contribution in [0.3, 0.4) is 0 Å². The lowest BCUT2D eigenvalue weighted by molar-refractivity contribution is 0.106. The summed E-state index contributed by atoms with van der Waals surface area (Å²) in [6.45, 7) is 11.4. The summed E-state index contributed by atoms with van der Waals surface area (Å²) >= 11 is 6.20. The second-order valence-electron chi connectivity index (χ2n) is 11.4. The topological polar surface area (TPSA) is 90.0 Å². The molecule has 0 saturated carbocycles. The molecule has 3 aromatic heterocycles. The van der Waals surface area contributed by atoms with Gasteiger partial charge in [-0.15, -0.1) is 0 Å². The van der Waals surface area contributed by atoms with Crippen molar-refractivity contribution in [3.8, 4) is 0 Å². The van der Waals surface area contributed by atoms with E-state index in [2.05, 4.69) is 72.1 Å². The third-order valence-corrected chi connectivity index (χ3v) is 8.40. The number of halogens is 1. The van der Waals surface area contributed by atoms with Gasteiger partial charge in [0.15, 0.2) is 0 Å². The highest BCUT2D eigenvalue weighted by molar-refractivity contribution is 6.30. The molecular weight excluding hydrogens is 534 g/mol. The van der Waals surface area contributed by atoms with E-state index in [1.54, 1.807) is 12.4 Å². The number of amides is 2. The van der Waals surface area contributed by atoms with Gasteiger partial charge in [0.25, 0.3) is 0 Å². The quantitative estimate of drug-likeness (QED) is 0.252. The molecule has 1 aliphatic heterocycles. The molecule has 1 fully saturated rings. The Morgan fingerprint density at radius 2 is 1.78 bits per heavy atom. The monoisotopic (exact) mass is 571 g/mol. The van der Waals surface area contributed by atoms with Crippen molar-refractivity contribution in [1.29, 1.82) is 0 Å².